The Morgan fingerprint density at radius 1 is 1.20 bits per heavy atom. The van der Waals surface area contributed by atoms with Crippen molar-refractivity contribution in [2.24, 2.45) is 0 Å². The molecule has 0 spiro atoms. The molecule has 4 rings (SSSR count). The summed E-state index contributed by atoms with van der Waals surface area (Å²) >= 11 is 10.2. The molecular weight excluding hydrogens is 533 g/mol. The van der Waals surface area contributed by atoms with Crippen LogP contribution in [0.5, 0.6) is 0 Å². The van der Waals surface area contributed by atoms with Gasteiger partial charge in [0.25, 0.3) is 0 Å². The number of nitrogens with zero attached hydrogens (tertiary/aromatic N) is 2. The summed E-state index contributed by atoms with van der Waals surface area (Å²) in [6.07, 6.45) is 1.81. The first-order chi connectivity index (χ1) is 14.5. The van der Waals surface area contributed by atoms with Crippen molar-refractivity contribution in [2.75, 3.05) is 5.32 Å². The number of aromatic nitrogens is 2. The van der Waals surface area contributed by atoms with E-state index in [0.717, 1.165) is 35.4 Å². The summed E-state index contributed by atoms with van der Waals surface area (Å²) in [5, 5.41) is 14.5. The molecule has 0 amide bonds. The molecule has 5 nitrogen and oxygen atoms in total. The number of carbonyl (C=O) groups is 1. The lowest BCUT2D eigenvalue weighted by Gasteiger charge is -2.17. The number of hydrogen-bond acceptors (Lipinski definition) is 5. The molecule has 2 aromatic heterocycles. The normalized spacial score (nSPS) is 12.1. The van der Waals surface area contributed by atoms with Crippen LogP contribution in [0.25, 0.3) is 21.3 Å². The summed E-state index contributed by atoms with van der Waals surface area (Å²) in [7, 11) is 0. The summed E-state index contributed by atoms with van der Waals surface area (Å²) in [5.74, 6) is -0.423. The number of fused-ring (bicyclic) bond motifs is 1. The molecule has 0 aliphatic carbocycles. The average molecular weight is 550 g/mol. The fourth-order valence-electron chi connectivity index (χ4n) is 3.35. The Labute approximate surface area is 196 Å². The summed E-state index contributed by atoms with van der Waals surface area (Å²) in [6, 6.07) is 14.5. The number of aliphatic carboxylic acids is 1. The Morgan fingerprint density at radius 2 is 1.97 bits per heavy atom. The number of hydrogen-bond donors (Lipinski definition) is 2. The largest absolute Gasteiger partial charge is 0.480 e. The van der Waals surface area contributed by atoms with Crippen LogP contribution in [0.4, 0.5) is 5.82 Å². The molecule has 2 N–H and O–H groups in total. The van der Waals surface area contributed by atoms with Crippen LogP contribution in [0, 0.1) is 9.81 Å². The Morgan fingerprint density at radius 3 is 2.70 bits per heavy atom. The molecule has 1 unspecified atom stereocenters. The minimum absolute atomic E-state index is 0.342. The minimum atomic E-state index is -0.934. The van der Waals surface area contributed by atoms with E-state index in [-0.39, 0.29) is 0 Å². The zero-order valence-corrected chi connectivity index (χ0v) is 19.6. The summed E-state index contributed by atoms with van der Waals surface area (Å²) < 4.78 is 1.05. The molecule has 0 radical (unpaired) electrons. The van der Waals surface area contributed by atoms with Crippen molar-refractivity contribution in [3.05, 3.63) is 73.9 Å². The molecule has 2 heterocycles. The Hall–Kier alpha value is -2.23. The summed E-state index contributed by atoms with van der Waals surface area (Å²) in [6.45, 7) is 1.98. The number of benzene rings is 2. The molecule has 152 valence electrons. The molecule has 30 heavy (non-hydrogen) atoms. The SMILES string of the molecule is Cc1c(Cl)cccc1-c1c(I)sc2ncnc(NC(Cc3ccccc3)C(=O)O)c12. The molecule has 0 bridgehead atoms. The van der Waals surface area contributed by atoms with Crippen LogP contribution in [0.3, 0.4) is 0 Å². The van der Waals surface area contributed by atoms with Gasteiger partial charge in [-0.1, -0.05) is 54.1 Å². The van der Waals surface area contributed by atoms with E-state index in [1.165, 1.54) is 6.33 Å². The van der Waals surface area contributed by atoms with Crippen LogP contribution in [-0.4, -0.2) is 27.1 Å². The number of carboxylic acids is 1. The van der Waals surface area contributed by atoms with Crippen molar-refractivity contribution in [3.8, 4) is 11.1 Å². The number of anilines is 1. The first kappa shape index (κ1) is 21.0. The predicted octanol–water partition coefficient (Wildman–Crippen LogP) is 6.03. The van der Waals surface area contributed by atoms with Crippen molar-refractivity contribution < 1.29 is 9.90 Å². The lowest BCUT2D eigenvalue weighted by Crippen LogP contribution is -2.32. The molecule has 1 atom stereocenters. The van der Waals surface area contributed by atoms with E-state index >= 15 is 0 Å². The van der Waals surface area contributed by atoms with Crippen molar-refractivity contribution >= 4 is 67.5 Å². The average Bonchev–Trinajstić information content (AvgIpc) is 3.07. The molecule has 0 saturated heterocycles. The van der Waals surface area contributed by atoms with Crippen molar-refractivity contribution in [3.63, 3.8) is 0 Å². The fourth-order valence-corrected chi connectivity index (χ4v) is 5.59. The van der Waals surface area contributed by atoms with Crippen molar-refractivity contribution in [1.82, 2.24) is 9.97 Å². The van der Waals surface area contributed by atoms with Gasteiger partial charge in [0.1, 0.15) is 23.0 Å². The highest BCUT2D eigenvalue weighted by molar-refractivity contribution is 14.1. The standard InChI is InChI=1S/C22H17ClIN3O2S/c1-12-14(8-5-9-15(12)23)17-18-20(25-11-26-21(18)30-19(17)24)27-16(22(28)29)10-13-6-3-2-4-7-13/h2-9,11,16H,10H2,1H3,(H,28,29)(H,25,26,27). The molecule has 4 aromatic rings. The van der Waals surface area contributed by atoms with E-state index in [0.29, 0.717) is 17.3 Å². The molecule has 8 heteroatoms. The van der Waals surface area contributed by atoms with E-state index in [9.17, 15) is 9.90 Å². The fraction of sp³-hybridized carbons (Fsp3) is 0.136. The van der Waals surface area contributed by atoms with Gasteiger partial charge in [0, 0.05) is 17.0 Å². The maximum absolute atomic E-state index is 12.0. The maximum Gasteiger partial charge on any atom is 0.326 e. The second kappa shape index (κ2) is 8.87. The highest BCUT2D eigenvalue weighted by Crippen LogP contribution is 2.43. The van der Waals surface area contributed by atoms with Gasteiger partial charge in [-0.05, 0) is 52.3 Å². The number of carboxylic acid groups (broad SMARTS) is 1. The molecule has 2 aromatic carbocycles. The quantitative estimate of drug-likeness (QED) is 0.287. The van der Waals surface area contributed by atoms with Crippen LogP contribution in [-0.2, 0) is 11.2 Å². The zero-order valence-electron chi connectivity index (χ0n) is 15.9. The lowest BCUT2D eigenvalue weighted by molar-refractivity contribution is -0.137. The van der Waals surface area contributed by atoms with Crippen LogP contribution in [0.15, 0.2) is 54.9 Å². The highest BCUT2D eigenvalue weighted by atomic mass is 127. The zero-order chi connectivity index (χ0) is 21.3. The molecule has 0 aliphatic heterocycles. The number of thiophene rings is 1. The number of halogens is 2. The third kappa shape index (κ3) is 4.14. The molecule has 0 fully saturated rings. The molecule has 0 aliphatic rings. The van der Waals surface area contributed by atoms with Gasteiger partial charge in [0.15, 0.2) is 0 Å². The van der Waals surface area contributed by atoms with Crippen LogP contribution < -0.4 is 5.32 Å². The summed E-state index contributed by atoms with van der Waals surface area (Å²) in [5.41, 5.74) is 3.87. The van der Waals surface area contributed by atoms with Gasteiger partial charge >= 0.3 is 5.97 Å². The third-order valence-corrected chi connectivity index (χ3v) is 7.37. The monoisotopic (exact) mass is 549 g/mol. The van der Waals surface area contributed by atoms with Crippen molar-refractivity contribution in [1.29, 1.82) is 0 Å². The van der Waals surface area contributed by atoms with Gasteiger partial charge in [-0.25, -0.2) is 14.8 Å². The Balaban J connectivity index is 1.81. The first-order valence-electron chi connectivity index (χ1n) is 9.17. The van der Waals surface area contributed by atoms with Gasteiger partial charge in [-0.15, -0.1) is 11.3 Å². The lowest BCUT2D eigenvalue weighted by atomic mass is 10.0. The van der Waals surface area contributed by atoms with Crippen molar-refractivity contribution in [2.45, 2.75) is 19.4 Å². The van der Waals surface area contributed by atoms with E-state index in [1.54, 1.807) is 11.3 Å². The Bertz CT molecular complexity index is 1230. The van der Waals surface area contributed by atoms with E-state index in [2.05, 4.69) is 37.9 Å². The van der Waals surface area contributed by atoms with Gasteiger partial charge in [-0.3, -0.25) is 0 Å². The second-order valence-corrected chi connectivity index (χ2v) is 10.0. The van der Waals surface area contributed by atoms with Gasteiger partial charge in [-0.2, -0.15) is 0 Å². The highest BCUT2D eigenvalue weighted by Gasteiger charge is 2.24. The second-order valence-electron chi connectivity index (χ2n) is 6.79. The molecule has 0 saturated carbocycles. The number of rotatable bonds is 6. The van der Waals surface area contributed by atoms with E-state index in [1.807, 2.05) is 55.5 Å². The van der Waals surface area contributed by atoms with Crippen LogP contribution in [0.2, 0.25) is 5.02 Å². The maximum atomic E-state index is 12.0. The molecular formula is C22H17ClIN3O2S. The predicted molar refractivity (Wildman–Crippen MR) is 131 cm³/mol. The van der Waals surface area contributed by atoms with Gasteiger partial charge < -0.3 is 10.4 Å². The number of nitrogens with one attached hydrogen (secondary N) is 1. The van der Waals surface area contributed by atoms with E-state index < -0.39 is 12.0 Å². The Kier molecular flexibility index (Phi) is 6.21. The topological polar surface area (TPSA) is 75.1 Å². The smallest absolute Gasteiger partial charge is 0.326 e. The van der Waals surface area contributed by atoms with E-state index in [4.69, 9.17) is 11.6 Å². The third-order valence-electron chi connectivity index (χ3n) is 4.87. The van der Waals surface area contributed by atoms with Crippen LogP contribution >= 0.6 is 45.5 Å². The summed E-state index contributed by atoms with van der Waals surface area (Å²) in [4.78, 5) is 21.6. The van der Waals surface area contributed by atoms with Crippen LogP contribution in [0.1, 0.15) is 11.1 Å². The van der Waals surface area contributed by atoms with Gasteiger partial charge in [0.2, 0.25) is 0 Å². The first-order valence-corrected chi connectivity index (χ1v) is 11.4. The van der Waals surface area contributed by atoms with Gasteiger partial charge in [0.05, 0.1) is 8.27 Å². The minimum Gasteiger partial charge on any atom is -0.480 e.